The lowest BCUT2D eigenvalue weighted by atomic mass is 10.1. The molecule has 0 atom stereocenters. The zero-order chi connectivity index (χ0) is 21.6. The highest BCUT2D eigenvalue weighted by Gasteiger charge is 2.18. The second-order valence-electron chi connectivity index (χ2n) is 7.22. The minimum absolute atomic E-state index is 0.265. The van der Waals surface area contributed by atoms with E-state index in [0.29, 0.717) is 21.7 Å². The van der Waals surface area contributed by atoms with Crippen molar-refractivity contribution in [1.29, 1.82) is 0 Å². The molecule has 31 heavy (non-hydrogen) atoms. The molecule has 4 rings (SSSR count). The topological polar surface area (TPSA) is 70.5 Å². The molecule has 0 radical (unpaired) electrons. The van der Waals surface area contributed by atoms with Gasteiger partial charge in [-0.1, -0.05) is 59.6 Å². The van der Waals surface area contributed by atoms with E-state index >= 15 is 0 Å². The fraction of sp³-hybridized carbons (Fsp3) is 0.217. The molecule has 1 saturated heterocycles. The Hall–Kier alpha value is -2.96. The van der Waals surface area contributed by atoms with Gasteiger partial charge in [0.05, 0.1) is 22.0 Å². The standard InChI is InChI=1S/C23H21Cl2N5O/c24-18-10-9-16(13-19(18)25)15-26-29-22(31)21-14-20(17-7-3-1-4-8-17)27-23(28-21)30-11-5-2-6-12-30/h1,3-4,7-10,13-15H,2,5-6,11-12H2,(H,29,31)/b26-15+. The third-order valence-corrected chi connectivity index (χ3v) is 5.72. The van der Waals surface area contributed by atoms with Gasteiger partial charge in [0, 0.05) is 18.7 Å². The number of hydrogen-bond donors (Lipinski definition) is 1. The number of carbonyl (C=O) groups excluding carboxylic acids is 1. The van der Waals surface area contributed by atoms with Gasteiger partial charge < -0.3 is 4.90 Å². The van der Waals surface area contributed by atoms with Crippen LogP contribution in [-0.2, 0) is 0 Å². The van der Waals surface area contributed by atoms with E-state index in [1.165, 1.54) is 12.6 Å². The lowest BCUT2D eigenvalue weighted by Gasteiger charge is -2.27. The summed E-state index contributed by atoms with van der Waals surface area (Å²) in [5.74, 6) is 0.161. The van der Waals surface area contributed by atoms with Gasteiger partial charge in [0.25, 0.3) is 5.91 Å². The van der Waals surface area contributed by atoms with Gasteiger partial charge >= 0.3 is 0 Å². The zero-order valence-corrected chi connectivity index (χ0v) is 18.3. The molecule has 3 aromatic rings. The molecule has 2 heterocycles. The van der Waals surface area contributed by atoms with Gasteiger partial charge in [0.15, 0.2) is 0 Å². The monoisotopic (exact) mass is 453 g/mol. The van der Waals surface area contributed by atoms with Crippen LogP contribution < -0.4 is 10.3 Å². The largest absolute Gasteiger partial charge is 0.341 e. The predicted molar refractivity (Wildman–Crippen MR) is 125 cm³/mol. The van der Waals surface area contributed by atoms with Crippen LogP contribution in [0, 0.1) is 0 Å². The van der Waals surface area contributed by atoms with Crippen molar-refractivity contribution < 1.29 is 4.79 Å². The molecule has 1 aliphatic heterocycles. The summed E-state index contributed by atoms with van der Waals surface area (Å²) in [6, 6.07) is 16.6. The Labute approximate surface area is 190 Å². The van der Waals surface area contributed by atoms with Crippen molar-refractivity contribution in [2.75, 3.05) is 18.0 Å². The van der Waals surface area contributed by atoms with Crippen molar-refractivity contribution in [3.63, 3.8) is 0 Å². The number of anilines is 1. The highest BCUT2D eigenvalue weighted by atomic mass is 35.5. The fourth-order valence-electron chi connectivity index (χ4n) is 3.36. The SMILES string of the molecule is O=C(N/N=C/c1ccc(Cl)c(Cl)c1)c1cc(-c2ccccc2)nc(N2CCCCC2)n1. The van der Waals surface area contributed by atoms with Gasteiger partial charge in [-0.3, -0.25) is 4.79 Å². The molecule has 1 fully saturated rings. The van der Waals surface area contributed by atoms with E-state index in [1.807, 2.05) is 30.3 Å². The van der Waals surface area contributed by atoms with Crippen LogP contribution in [0.3, 0.4) is 0 Å². The molecule has 1 N–H and O–H groups in total. The Morgan fingerprint density at radius 2 is 1.74 bits per heavy atom. The molecule has 1 aromatic heterocycles. The van der Waals surface area contributed by atoms with Gasteiger partial charge in [0.2, 0.25) is 5.95 Å². The highest BCUT2D eigenvalue weighted by molar-refractivity contribution is 6.42. The van der Waals surface area contributed by atoms with Crippen LogP contribution in [-0.4, -0.2) is 35.2 Å². The van der Waals surface area contributed by atoms with Gasteiger partial charge in [0.1, 0.15) is 5.69 Å². The van der Waals surface area contributed by atoms with E-state index in [-0.39, 0.29) is 5.69 Å². The van der Waals surface area contributed by atoms with Crippen LogP contribution in [0.2, 0.25) is 10.0 Å². The first-order valence-corrected chi connectivity index (χ1v) is 10.8. The zero-order valence-electron chi connectivity index (χ0n) is 16.8. The molecule has 2 aromatic carbocycles. The average Bonchev–Trinajstić information content (AvgIpc) is 2.82. The Morgan fingerprint density at radius 3 is 2.48 bits per heavy atom. The molecular weight excluding hydrogens is 433 g/mol. The lowest BCUT2D eigenvalue weighted by molar-refractivity contribution is 0.0950. The number of carbonyl (C=O) groups is 1. The van der Waals surface area contributed by atoms with Gasteiger partial charge in [-0.25, -0.2) is 15.4 Å². The predicted octanol–water partition coefficient (Wildman–Crippen LogP) is 5.20. The first-order valence-electron chi connectivity index (χ1n) is 10.1. The maximum Gasteiger partial charge on any atom is 0.290 e. The summed E-state index contributed by atoms with van der Waals surface area (Å²) < 4.78 is 0. The summed E-state index contributed by atoms with van der Waals surface area (Å²) in [6.07, 6.45) is 4.89. The fourth-order valence-corrected chi connectivity index (χ4v) is 3.66. The number of halogens is 2. The third kappa shape index (κ3) is 5.40. The van der Waals surface area contributed by atoms with Crippen molar-refractivity contribution in [3.8, 4) is 11.3 Å². The van der Waals surface area contributed by atoms with Gasteiger partial charge in [-0.05, 0) is 43.0 Å². The van der Waals surface area contributed by atoms with E-state index in [1.54, 1.807) is 24.3 Å². The highest BCUT2D eigenvalue weighted by Crippen LogP contribution is 2.23. The number of piperidine rings is 1. The van der Waals surface area contributed by atoms with Crippen LogP contribution in [0.1, 0.15) is 35.3 Å². The first kappa shape index (κ1) is 21.3. The third-order valence-electron chi connectivity index (χ3n) is 4.98. The van der Waals surface area contributed by atoms with Crippen molar-refractivity contribution >= 4 is 41.3 Å². The van der Waals surface area contributed by atoms with Crippen molar-refractivity contribution in [2.45, 2.75) is 19.3 Å². The Morgan fingerprint density at radius 1 is 0.968 bits per heavy atom. The minimum atomic E-state index is -0.408. The number of aromatic nitrogens is 2. The number of nitrogens with one attached hydrogen (secondary N) is 1. The van der Waals surface area contributed by atoms with Crippen LogP contribution in [0.15, 0.2) is 59.7 Å². The lowest BCUT2D eigenvalue weighted by Crippen LogP contribution is -2.32. The van der Waals surface area contributed by atoms with Gasteiger partial charge in [-0.15, -0.1) is 0 Å². The molecule has 0 saturated carbocycles. The van der Waals surface area contributed by atoms with E-state index in [2.05, 4.69) is 20.4 Å². The van der Waals surface area contributed by atoms with Crippen molar-refractivity contribution in [1.82, 2.24) is 15.4 Å². The Kier molecular flexibility index (Phi) is 6.79. The molecule has 1 amide bonds. The molecule has 0 unspecified atom stereocenters. The maximum atomic E-state index is 12.8. The molecule has 6 nitrogen and oxygen atoms in total. The van der Waals surface area contributed by atoms with Crippen LogP contribution in [0.25, 0.3) is 11.3 Å². The van der Waals surface area contributed by atoms with Gasteiger partial charge in [-0.2, -0.15) is 5.10 Å². The molecule has 158 valence electrons. The number of hydrazone groups is 1. The molecule has 1 aliphatic rings. The summed E-state index contributed by atoms with van der Waals surface area (Å²) >= 11 is 11.9. The first-order chi connectivity index (χ1) is 15.1. The minimum Gasteiger partial charge on any atom is -0.341 e. The second-order valence-corrected chi connectivity index (χ2v) is 8.04. The van der Waals surface area contributed by atoms with Crippen LogP contribution in [0.4, 0.5) is 5.95 Å². The summed E-state index contributed by atoms with van der Waals surface area (Å²) in [5.41, 5.74) is 5.15. The molecule has 0 aliphatic carbocycles. The average molecular weight is 454 g/mol. The maximum absolute atomic E-state index is 12.8. The summed E-state index contributed by atoms with van der Waals surface area (Å²) in [4.78, 5) is 24.2. The number of nitrogens with zero attached hydrogens (tertiary/aromatic N) is 4. The van der Waals surface area contributed by atoms with E-state index in [4.69, 9.17) is 28.2 Å². The Balaban J connectivity index is 1.58. The number of amides is 1. The quantitative estimate of drug-likeness (QED) is 0.425. The molecule has 0 bridgehead atoms. The smallest absolute Gasteiger partial charge is 0.290 e. The Bertz CT molecular complexity index is 1100. The number of hydrogen-bond acceptors (Lipinski definition) is 5. The van der Waals surface area contributed by atoms with E-state index in [9.17, 15) is 4.79 Å². The summed E-state index contributed by atoms with van der Waals surface area (Å²) in [6.45, 7) is 1.77. The number of rotatable bonds is 5. The van der Waals surface area contributed by atoms with E-state index in [0.717, 1.165) is 37.1 Å². The molecule has 8 heteroatoms. The van der Waals surface area contributed by atoms with Crippen LogP contribution >= 0.6 is 23.2 Å². The van der Waals surface area contributed by atoms with Crippen molar-refractivity contribution in [3.05, 3.63) is 75.9 Å². The summed E-state index contributed by atoms with van der Waals surface area (Å²) in [5, 5.41) is 4.92. The second kappa shape index (κ2) is 9.90. The normalized spacial score (nSPS) is 14.1. The molecule has 0 spiro atoms. The summed E-state index contributed by atoms with van der Waals surface area (Å²) in [7, 11) is 0. The molecular formula is C23H21Cl2N5O. The number of benzene rings is 2. The van der Waals surface area contributed by atoms with E-state index < -0.39 is 5.91 Å². The van der Waals surface area contributed by atoms with Crippen molar-refractivity contribution in [2.24, 2.45) is 5.10 Å². The van der Waals surface area contributed by atoms with Crippen LogP contribution in [0.5, 0.6) is 0 Å².